The fourth-order valence-electron chi connectivity index (χ4n) is 1.96. The first-order valence-electron chi connectivity index (χ1n) is 5.66. The highest BCUT2D eigenvalue weighted by atomic mass is 15.2. The summed E-state index contributed by atoms with van der Waals surface area (Å²) in [5, 5.41) is 2.12. The van der Waals surface area contributed by atoms with Crippen LogP contribution in [-0.2, 0) is 6.54 Å². The van der Waals surface area contributed by atoms with Gasteiger partial charge in [0.15, 0.2) is 0 Å². The molecule has 0 amide bonds. The number of pyridine rings is 1. The van der Waals surface area contributed by atoms with Gasteiger partial charge < -0.3 is 4.90 Å². The van der Waals surface area contributed by atoms with Crippen LogP contribution in [0, 0.1) is 0 Å². The second-order valence-corrected chi connectivity index (χ2v) is 4.10. The Morgan fingerprint density at radius 2 is 2.00 bits per heavy atom. The molecule has 0 spiro atoms. The average molecular weight is 223 g/mol. The van der Waals surface area contributed by atoms with Gasteiger partial charge in [-0.05, 0) is 11.6 Å². The predicted molar refractivity (Wildman–Crippen MR) is 66.3 cm³/mol. The summed E-state index contributed by atoms with van der Waals surface area (Å²) in [6.07, 6.45) is 5.77. The van der Waals surface area contributed by atoms with E-state index in [0.717, 1.165) is 17.1 Å². The van der Waals surface area contributed by atoms with Gasteiger partial charge in [0.1, 0.15) is 6.67 Å². The minimum absolute atomic E-state index is 0.714. The molecule has 0 saturated heterocycles. The van der Waals surface area contributed by atoms with Crippen molar-refractivity contribution in [2.24, 2.45) is 4.99 Å². The van der Waals surface area contributed by atoms with Gasteiger partial charge >= 0.3 is 0 Å². The summed E-state index contributed by atoms with van der Waals surface area (Å²) in [6, 6.07) is 12.4. The van der Waals surface area contributed by atoms with E-state index in [4.69, 9.17) is 0 Å². The summed E-state index contributed by atoms with van der Waals surface area (Å²) in [4.78, 5) is 10.8. The number of hydrogen-bond acceptors (Lipinski definition) is 3. The maximum absolute atomic E-state index is 4.53. The third-order valence-corrected chi connectivity index (χ3v) is 2.80. The Hall–Kier alpha value is -2.16. The fourth-order valence-corrected chi connectivity index (χ4v) is 1.96. The summed E-state index contributed by atoms with van der Waals surface area (Å²) in [5.74, 6) is 0. The zero-order chi connectivity index (χ0) is 11.5. The number of hydrogen-bond donors (Lipinski definition) is 0. The standard InChI is InChI=1S/C14H13N3/c1-2-4-12(5-3-1)9-17-10-13-8-15-7-6-14(13)16-11-17/h1-8,10H,9,11H2. The smallest absolute Gasteiger partial charge is 0.110 e. The second kappa shape index (κ2) is 4.37. The van der Waals surface area contributed by atoms with E-state index in [9.17, 15) is 0 Å². The van der Waals surface area contributed by atoms with Gasteiger partial charge in [0.25, 0.3) is 0 Å². The van der Waals surface area contributed by atoms with E-state index in [1.807, 2.05) is 18.3 Å². The molecule has 2 heterocycles. The minimum atomic E-state index is 0.714. The second-order valence-electron chi connectivity index (χ2n) is 4.10. The Morgan fingerprint density at radius 3 is 2.88 bits per heavy atom. The summed E-state index contributed by atoms with van der Waals surface area (Å²) in [6.45, 7) is 1.60. The molecule has 84 valence electrons. The molecule has 1 aromatic carbocycles. The highest BCUT2D eigenvalue weighted by Crippen LogP contribution is 2.05. The summed E-state index contributed by atoms with van der Waals surface area (Å²) in [7, 11) is 0. The summed E-state index contributed by atoms with van der Waals surface area (Å²) < 4.78 is 0. The van der Waals surface area contributed by atoms with Crippen LogP contribution in [0.3, 0.4) is 0 Å². The SMILES string of the molecule is C1=c2cnccc2=NCN1Cc1ccccc1. The molecule has 3 nitrogen and oxygen atoms in total. The van der Waals surface area contributed by atoms with Gasteiger partial charge in [-0.25, -0.2) is 0 Å². The van der Waals surface area contributed by atoms with Crippen molar-refractivity contribution in [3.63, 3.8) is 0 Å². The number of rotatable bonds is 2. The van der Waals surface area contributed by atoms with Crippen molar-refractivity contribution in [3.05, 3.63) is 64.9 Å². The largest absolute Gasteiger partial charge is 0.353 e. The van der Waals surface area contributed by atoms with E-state index in [0.29, 0.717) is 6.67 Å². The van der Waals surface area contributed by atoms with Crippen molar-refractivity contribution in [1.82, 2.24) is 9.88 Å². The molecule has 1 aromatic heterocycles. The lowest BCUT2D eigenvalue weighted by Gasteiger charge is -2.20. The zero-order valence-corrected chi connectivity index (χ0v) is 9.45. The Balaban J connectivity index is 1.87. The van der Waals surface area contributed by atoms with Gasteiger partial charge in [0, 0.05) is 30.4 Å². The molecule has 0 saturated carbocycles. The Morgan fingerprint density at radius 1 is 1.12 bits per heavy atom. The third kappa shape index (κ3) is 2.18. The van der Waals surface area contributed by atoms with Crippen LogP contribution in [0.5, 0.6) is 0 Å². The lowest BCUT2D eigenvalue weighted by Crippen LogP contribution is -2.35. The van der Waals surface area contributed by atoms with Gasteiger partial charge in [0.2, 0.25) is 0 Å². The van der Waals surface area contributed by atoms with Crippen molar-refractivity contribution in [3.8, 4) is 0 Å². The lowest BCUT2D eigenvalue weighted by molar-refractivity contribution is 0.407. The number of nitrogens with zero attached hydrogens (tertiary/aromatic N) is 3. The molecule has 17 heavy (non-hydrogen) atoms. The quantitative estimate of drug-likeness (QED) is 0.757. The van der Waals surface area contributed by atoms with Crippen LogP contribution < -0.4 is 10.6 Å². The summed E-state index contributed by atoms with van der Waals surface area (Å²) >= 11 is 0. The van der Waals surface area contributed by atoms with Crippen LogP contribution in [-0.4, -0.2) is 16.6 Å². The molecule has 0 unspecified atom stereocenters. The normalized spacial score (nSPS) is 13.5. The molecule has 0 fully saturated rings. The molecular formula is C14H13N3. The van der Waals surface area contributed by atoms with Gasteiger partial charge in [-0.3, -0.25) is 9.98 Å². The van der Waals surface area contributed by atoms with Gasteiger partial charge in [0.05, 0.1) is 5.36 Å². The van der Waals surface area contributed by atoms with E-state index in [1.54, 1.807) is 6.20 Å². The van der Waals surface area contributed by atoms with E-state index in [2.05, 4.69) is 45.3 Å². The molecule has 0 bridgehead atoms. The molecule has 1 aliphatic heterocycles. The predicted octanol–water partition coefficient (Wildman–Crippen LogP) is 0.912. The van der Waals surface area contributed by atoms with Gasteiger partial charge in [-0.15, -0.1) is 0 Å². The minimum Gasteiger partial charge on any atom is -0.353 e. The molecule has 1 aliphatic rings. The van der Waals surface area contributed by atoms with Crippen LogP contribution in [0.15, 0.2) is 53.8 Å². The first-order valence-corrected chi connectivity index (χ1v) is 5.66. The van der Waals surface area contributed by atoms with Gasteiger partial charge in [-0.2, -0.15) is 0 Å². The number of fused-ring (bicyclic) bond motifs is 1. The van der Waals surface area contributed by atoms with E-state index in [1.165, 1.54) is 5.56 Å². The van der Waals surface area contributed by atoms with Crippen molar-refractivity contribution in [2.75, 3.05) is 6.67 Å². The molecule has 0 aliphatic carbocycles. The van der Waals surface area contributed by atoms with Crippen molar-refractivity contribution >= 4 is 6.20 Å². The Labute approximate surface area is 99.8 Å². The Bertz CT molecular complexity index is 619. The fraction of sp³-hybridized carbons (Fsp3) is 0.143. The van der Waals surface area contributed by atoms with Crippen LogP contribution in [0.25, 0.3) is 6.20 Å². The highest BCUT2D eigenvalue weighted by Gasteiger charge is 2.04. The van der Waals surface area contributed by atoms with E-state index < -0.39 is 0 Å². The molecule has 3 rings (SSSR count). The number of benzene rings is 1. The van der Waals surface area contributed by atoms with Crippen LogP contribution in [0.1, 0.15) is 5.56 Å². The van der Waals surface area contributed by atoms with Crippen molar-refractivity contribution in [1.29, 1.82) is 0 Å². The first-order chi connectivity index (χ1) is 8.42. The third-order valence-electron chi connectivity index (χ3n) is 2.80. The van der Waals surface area contributed by atoms with Crippen molar-refractivity contribution < 1.29 is 0 Å². The topological polar surface area (TPSA) is 28.5 Å². The number of aromatic nitrogens is 1. The highest BCUT2D eigenvalue weighted by molar-refractivity contribution is 5.24. The molecular weight excluding hydrogens is 210 g/mol. The zero-order valence-electron chi connectivity index (χ0n) is 9.45. The average Bonchev–Trinajstić information content (AvgIpc) is 2.40. The first kappa shape index (κ1) is 10.0. The molecule has 2 aromatic rings. The van der Waals surface area contributed by atoms with Crippen LogP contribution in [0.2, 0.25) is 0 Å². The molecule has 0 radical (unpaired) electrons. The van der Waals surface area contributed by atoms with Crippen LogP contribution in [0.4, 0.5) is 0 Å². The summed E-state index contributed by atoms with van der Waals surface area (Å²) in [5.41, 5.74) is 1.30. The lowest BCUT2D eigenvalue weighted by atomic mass is 10.2. The van der Waals surface area contributed by atoms with E-state index >= 15 is 0 Å². The Kier molecular flexibility index (Phi) is 2.58. The molecule has 0 N–H and O–H groups in total. The molecule has 3 heteroatoms. The maximum atomic E-state index is 4.53. The maximum Gasteiger partial charge on any atom is 0.110 e. The monoisotopic (exact) mass is 223 g/mol. The van der Waals surface area contributed by atoms with Crippen LogP contribution >= 0.6 is 0 Å². The molecule has 0 atom stereocenters. The van der Waals surface area contributed by atoms with Gasteiger partial charge in [-0.1, -0.05) is 30.3 Å². The van der Waals surface area contributed by atoms with Crippen molar-refractivity contribution in [2.45, 2.75) is 6.54 Å². The van der Waals surface area contributed by atoms with E-state index in [-0.39, 0.29) is 0 Å².